The van der Waals surface area contributed by atoms with Gasteiger partial charge in [-0.3, -0.25) is 4.90 Å². The van der Waals surface area contributed by atoms with Crippen LogP contribution in [0.25, 0.3) is 0 Å². The maximum Gasteiger partial charge on any atom is 0.344 e. The Balaban J connectivity index is 1.64. The van der Waals surface area contributed by atoms with Crippen molar-refractivity contribution in [2.45, 2.75) is 58.2 Å². The molecule has 0 amide bonds. The molecule has 8 nitrogen and oxygen atoms in total. The molecule has 0 radical (unpaired) electrons. The zero-order valence-corrected chi connectivity index (χ0v) is 29.4. The van der Waals surface area contributed by atoms with Gasteiger partial charge in [0.25, 0.3) is 0 Å². The number of hydrogen-bond acceptors (Lipinski definition) is 8. The second kappa shape index (κ2) is 18.4. The van der Waals surface area contributed by atoms with Crippen molar-refractivity contribution in [1.29, 1.82) is 0 Å². The second-order valence-electron chi connectivity index (χ2n) is 12.3. The van der Waals surface area contributed by atoms with Gasteiger partial charge in [0.15, 0.2) is 13.2 Å². The molecule has 0 aliphatic carbocycles. The first-order chi connectivity index (χ1) is 23.6. The average molecular weight is 688 g/mol. The third-order valence-electron chi connectivity index (χ3n) is 8.29. The van der Waals surface area contributed by atoms with E-state index in [0.717, 1.165) is 22.3 Å². The molecule has 260 valence electrons. The normalized spacial score (nSPS) is 12.1. The smallest absolute Gasteiger partial charge is 0.344 e. The van der Waals surface area contributed by atoms with Crippen molar-refractivity contribution < 1.29 is 33.6 Å². The molecule has 4 rings (SSSR count). The Bertz CT molecular complexity index is 1540. The molecule has 1 atom stereocenters. The first-order valence-corrected chi connectivity index (χ1v) is 16.9. The number of aliphatic hydroxyl groups excluding tert-OH is 1. The fourth-order valence-electron chi connectivity index (χ4n) is 5.70. The fourth-order valence-corrected chi connectivity index (χ4v) is 5.90. The molecule has 0 fully saturated rings. The third-order valence-corrected chi connectivity index (χ3v) is 8.53. The first-order valence-electron chi connectivity index (χ1n) is 16.6. The lowest BCUT2D eigenvalue weighted by molar-refractivity contribution is -0.146. The van der Waals surface area contributed by atoms with E-state index in [9.17, 15) is 14.7 Å². The number of β-amino-alcohol motifs (C(OH)–C–C–N with tert-alkyl or cyclic N) is 1. The second-order valence-corrected chi connectivity index (χ2v) is 12.8. The average Bonchev–Trinajstić information content (AvgIpc) is 3.10. The van der Waals surface area contributed by atoms with Crippen molar-refractivity contribution in [1.82, 2.24) is 4.90 Å². The molecule has 49 heavy (non-hydrogen) atoms. The van der Waals surface area contributed by atoms with E-state index in [1.54, 1.807) is 26.0 Å². The standard InChI is InChI=1S/C40H46ClNO7/c1-5-46-38(44)27-48-34-19-15-30(16-20-34)36(31-17-21-35(22-18-31)49-28-39(45)47-6-2)24-40(3,4)42(25-29-11-8-7-9-12-29)26-37(43)32-13-10-14-33(41)23-32/h7-23,36-37,43H,5-6,24-28H2,1-4H3. The van der Waals surface area contributed by atoms with Gasteiger partial charge in [-0.2, -0.15) is 0 Å². The van der Waals surface area contributed by atoms with Crippen LogP contribution in [0.5, 0.6) is 11.5 Å². The van der Waals surface area contributed by atoms with E-state index in [-0.39, 0.29) is 19.1 Å². The van der Waals surface area contributed by atoms with Gasteiger partial charge in [-0.05, 0) is 92.8 Å². The molecule has 4 aromatic carbocycles. The van der Waals surface area contributed by atoms with Crippen LogP contribution < -0.4 is 9.47 Å². The highest BCUT2D eigenvalue weighted by Gasteiger charge is 2.33. The Hall–Kier alpha value is -4.37. The monoisotopic (exact) mass is 687 g/mol. The quantitative estimate of drug-likeness (QED) is 0.106. The van der Waals surface area contributed by atoms with Crippen molar-refractivity contribution in [3.8, 4) is 11.5 Å². The van der Waals surface area contributed by atoms with Crippen molar-refractivity contribution in [2.24, 2.45) is 0 Å². The topological polar surface area (TPSA) is 94.5 Å². The number of aliphatic hydroxyl groups is 1. The van der Waals surface area contributed by atoms with Crippen LogP contribution in [0.15, 0.2) is 103 Å². The number of ether oxygens (including phenoxy) is 4. The van der Waals surface area contributed by atoms with Gasteiger partial charge in [-0.1, -0.05) is 78.3 Å². The zero-order valence-electron chi connectivity index (χ0n) is 28.6. The van der Waals surface area contributed by atoms with E-state index in [2.05, 4.69) is 30.9 Å². The summed E-state index contributed by atoms with van der Waals surface area (Å²) < 4.78 is 21.3. The lowest BCUT2D eigenvalue weighted by atomic mass is 9.80. The van der Waals surface area contributed by atoms with Crippen LogP contribution in [0.1, 0.15) is 68.4 Å². The summed E-state index contributed by atoms with van der Waals surface area (Å²) in [5.74, 6) is 0.209. The van der Waals surface area contributed by atoms with E-state index in [4.69, 9.17) is 30.5 Å². The third kappa shape index (κ3) is 11.6. The number of hydrogen-bond donors (Lipinski definition) is 1. The molecule has 0 aromatic heterocycles. The van der Waals surface area contributed by atoms with Gasteiger partial charge >= 0.3 is 11.9 Å². The van der Waals surface area contributed by atoms with Gasteiger partial charge in [-0.15, -0.1) is 0 Å². The van der Waals surface area contributed by atoms with Gasteiger partial charge in [-0.25, -0.2) is 9.59 Å². The highest BCUT2D eigenvalue weighted by molar-refractivity contribution is 6.30. The molecule has 4 aromatic rings. The molecule has 0 aliphatic rings. The van der Waals surface area contributed by atoms with E-state index in [0.29, 0.717) is 49.2 Å². The minimum Gasteiger partial charge on any atom is -0.482 e. The lowest BCUT2D eigenvalue weighted by Gasteiger charge is -2.42. The van der Waals surface area contributed by atoms with Crippen molar-refractivity contribution in [2.75, 3.05) is 33.0 Å². The number of esters is 2. The van der Waals surface area contributed by atoms with Crippen molar-refractivity contribution >= 4 is 23.5 Å². The van der Waals surface area contributed by atoms with Crippen LogP contribution in [0.4, 0.5) is 0 Å². The molecule has 0 saturated heterocycles. The SMILES string of the molecule is CCOC(=O)COc1ccc(C(CC(C)(C)N(Cc2ccccc2)CC(O)c2cccc(Cl)c2)c2ccc(OCC(=O)OCC)cc2)cc1. The highest BCUT2D eigenvalue weighted by atomic mass is 35.5. The largest absolute Gasteiger partial charge is 0.482 e. The van der Waals surface area contributed by atoms with Crippen LogP contribution in [-0.4, -0.2) is 60.5 Å². The number of benzene rings is 4. The molecule has 9 heteroatoms. The van der Waals surface area contributed by atoms with Crippen molar-refractivity contribution in [3.63, 3.8) is 0 Å². The molecular formula is C40H46ClNO7. The van der Waals surface area contributed by atoms with E-state index in [1.165, 1.54) is 0 Å². The Labute approximate surface area is 294 Å². The van der Waals surface area contributed by atoms with E-state index >= 15 is 0 Å². The van der Waals surface area contributed by atoms with E-state index in [1.807, 2.05) is 78.9 Å². The summed E-state index contributed by atoms with van der Waals surface area (Å²) in [6.07, 6.45) is -0.0689. The number of carbonyl (C=O) groups is 2. The van der Waals surface area contributed by atoms with Crippen molar-refractivity contribution in [3.05, 3.63) is 130 Å². The van der Waals surface area contributed by atoms with Crippen LogP contribution in [-0.2, 0) is 25.6 Å². The minimum absolute atomic E-state index is 0.0743. The Morgan fingerprint density at radius 3 is 1.76 bits per heavy atom. The maximum atomic E-state index is 11.8. The predicted octanol–water partition coefficient (Wildman–Crippen LogP) is 7.76. The highest BCUT2D eigenvalue weighted by Crippen LogP contribution is 2.38. The summed E-state index contributed by atoms with van der Waals surface area (Å²) in [4.78, 5) is 26.0. The van der Waals surface area contributed by atoms with E-state index < -0.39 is 23.6 Å². The fraction of sp³-hybridized carbons (Fsp3) is 0.350. The summed E-state index contributed by atoms with van der Waals surface area (Å²) in [6.45, 7) is 9.17. The molecule has 0 spiro atoms. The van der Waals surface area contributed by atoms with Crippen LogP contribution in [0.2, 0.25) is 5.02 Å². The summed E-state index contributed by atoms with van der Waals surface area (Å²) in [6, 6.07) is 33.0. The number of carbonyl (C=O) groups excluding carboxylic acids is 2. The van der Waals surface area contributed by atoms with Crippen LogP contribution >= 0.6 is 11.6 Å². The maximum absolute atomic E-state index is 11.8. The Kier molecular flexibility index (Phi) is 14.1. The lowest BCUT2D eigenvalue weighted by Crippen LogP contribution is -2.46. The van der Waals surface area contributed by atoms with Gasteiger partial charge < -0.3 is 24.1 Å². The number of nitrogens with zero attached hydrogens (tertiary/aromatic N) is 1. The molecule has 1 N–H and O–H groups in total. The molecule has 0 saturated carbocycles. The Morgan fingerprint density at radius 1 is 0.735 bits per heavy atom. The Morgan fingerprint density at radius 2 is 1.27 bits per heavy atom. The summed E-state index contributed by atoms with van der Waals surface area (Å²) >= 11 is 6.28. The van der Waals surface area contributed by atoms with Gasteiger partial charge in [0.05, 0.1) is 19.3 Å². The summed E-state index contributed by atoms with van der Waals surface area (Å²) in [5.41, 5.74) is 3.57. The molecule has 0 aliphatic heterocycles. The predicted molar refractivity (Wildman–Crippen MR) is 191 cm³/mol. The van der Waals surface area contributed by atoms with Crippen LogP contribution in [0.3, 0.4) is 0 Å². The first kappa shape index (κ1) is 37.4. The minimum atomic E-state index is -0.758. The molecule has 0 bridgehead atoms. The molecule has 0 heterocycles. The summed E-state index contributed by atoms with van der Waals surface area (Å²) in [5, 5.41) is 12.0. The van der Waals surface area contributed by atoms with Gasteiger partial charge in [0, 0.05) is 29.6 Å². The van der Waals surface area contributed by atoms with Gasteiger partial charge in [0.2, 0.25) is 0 Å². The summed E-state index contributed by atoms with van der Waals surface area (Å²) in [7, 11) is 0. The molecule has 1 unspecified atom stereocenters. The molecular weight excluding hydrogens is 642 g/mol. The zero-order chi connectivity index (χ0) is 35.2. The van der Waals surface area contributed by atoms with Gasteiger partial charge in [0.1, 0.15) is 11.5 Å². The number of halogens is 1. The van der Waals surface area contributed by atoms with Crippen LogP contribution in [0, 0.1) is 0 Å². The number of rotatable bonds is 18.